The lowest BCUT2D eigenvalue weighted by Gasteiger charge is -2.10. The number of carboxylic acids is 1. The molecule has 0 heterocycles. The molecule has 0 aliphatic rings. The van der Waals surface area contributed by atoms with Crippen molar-refractivity contribution in [2.45, 2.75) is 12.5 Å². The average molecular weight is 262 g/mol. The Morgan fingerprint density at radius 1 is 1.26 bits per heavy atom. The van der Waals surface area contributed by atoms with Crippen LogP contribution in [0.5, 0.6) is 0 Å². The minimum Gasteiger partial charge on any atom is -0.480 e. The van der Waals surface area contributed by atoms with E-state index in [1.165, 1.54) is 6.08 Å². The van der Waals surface area contributed by atoms with Gasteiger partial charge in [0.2, 0.25) is 11.8 Å². The van der Waals surface area contributed by atoms with Crippen LogP contribution in [0, 0.1) is 0 Å². The Morgan fingerprint density at radius 3 is 2.42 bits per heavy atom. The lowest BCUT2D eigenvalue weighted by molar-refractivity contribution is -0.142. The summed E-state index contributed by atoms with van der Waals surface area (Å²) in [5.74, 6) is -2.70. The van der Waals surface area contributed by atoms with Crippen molar-refractivity contribution in [1.29, 1.82) is 0 Å². The molecule has 0 radical (unpaired) electrons. The number of carbonyl (C=O) groups excluding carboxylic acids is 2. The van der Waals surface area contributed by atoms with Gasteiger partial charge in [0.15, 0.2) is 0 Å². The van der Waals surface area contributed by atoms with Gasteiger partial charge >= 0.3 is 5.97 Å². The maximum Gasteiger partial charge on any atom is 0.326 e. The Kier molecular flexibility index (Phi) is 5.28. The van der Waals surface area contributed by atoms with Crippen molar-refractivity contribution in [3.05, 3.63) is 42.0 Å². The minimum atomic E-state index is -1.31. The van der Waals surface area contributed by atoms with Gasteiger partial charge in [-0.2, -0.15) is 0 Å². The maximum absolute atomic E-state index is 11.5. The highest BCUT2D eigenvalue weighted by atomic mass is 16.4. The largest absolute Gasteiger partial charge is 0.480 e. The SMILES string of the molecule is NC(=O)CC(NC(=O)C=Cc1ccccc1)C(=O)O. The third-order valence-electron chi connectivity index (χ3n) is 2.25. The van der Waals surface area contributed by atoms with Crippen LogP contribution in [0.3, 0.4) is 0 Å². The highest BCUT2D eigenvalue weighted by Gasteiger charge is 2.20. The average Bonchev–Trinajstić information content (AvgIpc) is 2.36. The maximum atomic E-state index is 11.5. The minimum absolute atomic E-state index is 0.444. The van der Waals surface area contributed by atoms with E-state index in [0.717, 1.165) is 5.56 Å². The fourth-order valence-electron chi connectivity index (χ4n) is 1.36. The molecule has 6 heteroatoms. The van der Waals surface area contributed by atoms with Crippen LogP contribution in [-0.2, 0) is 14.4 Å². The van der Waals surface area contributed by atoms with Gasteiger partial charge in [0.05, 0.1) is 6.42 Å². The molecule has 100 valence electrons. The van der Waals surface area contributed by atoms with Crippen LogP contribution in [0.2, 0.25) is 0 Å². The van der Waals surface area contributed by atoms with Gasteiger partial charge in [0, 0.05) is 6.08 Å². The first-order valence-corrected chi connectivity index (χ1v) is 5.54. The molecule has 19 heavy (non-hydrogen) atoms. The van der Waals surface area contributed by atoms with Crippen LogP contribution in [0.4, 0.5) is 0 Å². The van der Waals surface area contributed by atoms with Crippen molar-refractivity contribution in [1.82, 2.24) is 5.32 Å². The zero-order valence-electron chi connectivity index (χ0n) is 10.1. The van der Waals surface area contributed by atoms with Crippen LogP contribution in [0.25, 0.3) is 6.08 Å². The predicted molar refractivity (Wildman–Crippen MR) is 68.9 cm³/mol. The molecule has 0 aliphatic carbocycles. The van der Waals surface area contributed by atoms with Crippen molar-refractivity contribution in [3.8, 4) is 0 Å². The molecule has 1 aromatic rings. The van der Waals surface area contributed by atoms with E-state index in [4.69, 9.17) is 10.8 Å². The molecule has 6 nitrogen and oxygen atoms in total. The lowest BCUT2D eigenvalue weighted by atomic mass is 10.2. The highest BCUT2D eigenvalue weighted by Crippen LogP contribution is 2.01. The van der Waals surface area contributed by atoms with Crippen molar-refractivity contribution < 1.29 is 19.5 Å². The molecular weight excluding hydrogens is 248 g/mol. The third kappa shape index (κ3) is 5.49. The number of hydrogen-bond acceptors (Lipinski definition) is 3. The van der Waals surface area contributed by atoms with Crippen LogP contribution >= 0.6 is 0 Å². The smallest absolute Gasteiger partial charge is 0.326 e. The molecule has 0 saturated heterocycles. The van der Waals surface area contributed by atoms with E-state index >= 15 is 0 Å². The van der Waals surface area contributed by atoms with Gasteiger partial charge in [-0.25, -0.2) is 4.79 Å². The molecule has 0 aromatic heterocycles. The number of carboxylic acid groups (broad SMARTS) is 1. The van der Waals surface area contributed by atoms with Gasteiger partial charge in [-0.05, 0) is 11.6 Å². The molecule has 4 N–H and O–H groups in total. The highest BCUT2D eigenvalue weighted by molar-refractivity contribution is 5.95. The summed E-state index contributed by atoms with van der Waals surface area (Å²) >= 11 is 0. The van der Waals surface area contributed by atoms with Crippen molar-refractivity contribution in [2.75, 3.05) is 0 Å². The molecule has 0 aliphatic heterocycles. The Hall–Kier alpha value is -2.63. The molecule has 0 fully saturated rings. The van der Waals surface area contributed by atoms with E-state index in [-0.39, 0.29) is 0 Å². The number of aliphatic carboxylic acids is 1. The van der Waals surface area contributed by atoms with Crippen LogP contribution in [0.15, 0.2) is 36.4 Å². The summed E-state index contributed by atoms with van der Waals surface area (Å²) in [5.41, 5.74) is 5.71. The van der Waals surface area contributed by atoms with Crippen molar-refractivity contribution in [3.63, 3.8) is 0 Å². The first-order valence-electron chi connectivity index (χ1n) is 5.54. The van der Waals surface area contributed by atoms with Crippen LogP contribution in [0.1, 0.15) is 12.0 Å². The quantitative estimate of drug-likeness (QED) is 0.633. The molecular formula is C13H14N2O4. The first-order chi connectivity index (χ1) is 8.99. The summed E-state index contributed by atoms with van der Waals surface area (Å²) in [5, 5.41) is 11.0. The number of hydrogen-bond donors (Lipinski definition) is 3. The van der Waals surface area contributed by atoms with E-state index in [9.17, 15) is 14.4 Å². The van der Waals surface area contributed by atoms with Gasteiger partial charge in [0.25, 0.3) is 0 Å². The Balaban J connectivity index is 2.60. The predicted octanol–water partition coefficient (Wildman–Crippen LogP) is 0.145. The summed E-state index contributed by atoms with van der Waals surface area (Å²) in [7, 11) is 0. The van der Waals surface area contributed by atoms with Gasteiger partial charge in [0.1, 0.15) is 6.04 Å². The van der Waals surface area contributed by atoms with Crippen molar-refractivity contribution in [2.24, 2.45) is 5.73 Å². The van der Waals surface area contributed by atoms with Gasteiger partial charge in [-0.3, -0.25) is 9.59 Å². The standard InChI is InChI=1S/C13H14N2O4/c14-11(16)8-10(13(18)19)15-12(17)7-6-9-4-2-1-3-5-9/h1-7,10H,8H2,(H2,14,16)(H,15,17)(H,18,19). The second-order valence-electron chi connectivity index (χ2n) is 3.81. The summed E-state index contributed by atoms with van der Waals surface area (Å²) in [6.45, 7) is 0. The number of primary amides is 1. The second kappa shape index (κ2) is 6.95. The summed E-state index contributed by atoms with van der Waals surface area (Å²) < 4.78 is 0. The third-order valence-corrected chi connectivity index (χ3v) is 2.25. The topological polar surface area (TPSA) is 109 Å². The van der Waals surface area contributed by atoms with E-state index < -0.39 is 30.2 Å². The van der Waals surface area contributed by atoms with Crippen LogP contribution < -0.4 is 11.1 Å². The molecule has 1 atom stereocenters. The van der Waals surface area contributed by atoms with Gasteiger partial charge in [-0.15, -0.1) is 0 Å². The summed E-state index contributed by atoms with van der Waals surface area (Å²) in [6, 6.07) is 7.73. The normalized spacial score (nSPS) is 12.0. The summed E-state index contributed by atoms with van der Waals surface area (Å²) in [6.07, 6.45) is 2.30. The number of nitrogens with one attached hydrogen (secondary N) is 1. The Labute approximate surface area is 109 Å². The van der Waals surface area contributed by atoms with Gasteiger partial charge in [-0.1, -0.05) is 30.3 Å². The van der Waals surface area contributed by atoms with E-state index in [1.54, 1.807) is 18.2 Å². The molecule has 0 bridgehead atoms. The fourth-order valence-corrected chi connectivity index (χ4v) is 1.36. The molecule has 1 aromatic carbocycles. The summed E-state index contributed by atoms with van der Waals surface area (Å²) in [4.78, 5) is 33.0. The number of carbonyl (C=O) groups is 3. The van der Waals surface area contributed by atoms with E-state index in [1.807, 2.05) is 18.2 Å². The molecule has 2 amide bonds. The Bertz CT molecular complexity index is 497. The van der Waals surface area contributed by atoms with Crippen LogP contribution in [-0.4, -0.2) is 28.9 Å². The number of benzene rings is 1. The number of amides is 2. The zero-order valence-corrected chi connectivity index (χ0v) is 10.1. The molecule has 0 spiro atoms. The monoisotopic (exact) mass is 262 g/mol. The second-order valence-corrected chi connectivity index (χ2v) is 3.81. The van der Waals surface area contributed by atoms with Crippen molar-refractivity contribution >= 4 is 23.9 Å². The number of rotatable bonds is 6. The first kappa shape index (κ1) is 14.4. The number of nitrogens with two attached hydrogens (primary N) is 1. The van der Waals surface area contributed by atoms with E-state index in [0.29, 0.717) is 0 Å². The zero-order chi connectivity index (χ0) is 14.3. The van der Waals surface area contributed by atoms with Gasteiger partial charge < -0.3 is 16.2 Å². The Morgan fingerprint density at radius 2 is 1.89 bits per heavy atom. The molecule has 1 rings (SSSR count). The molecule has 1 unspecified atom stereocenters. The molecule has 0 saturated carbocycles. The lowest BCUT2D eigenvalue weighted by Crippen LogP contribution is -2.42. The fraction of sp³-hybridized carbons (Fsp3) is 0.154. The van der Waals surface area contributed by atoms with E-state index in [2.05, 4.69) is 5.32 Å².